The van der Waals surface area contributed by atoms with E-state index in [-0.39, 0.29) is 6.04 Å². The third-order valence-electron chi connectivity index (χ3n) is 7.49. The third-order valence-corrected chi connectivity index (χ3v) is 7.71. The van der Waals surface area contributed by atoms with Gasteiger partial charge in [0.15, 0.2) is 5.11 Å². The lowest BCUT2D eigenvalue weighted by Crippen LogP contribution is -2.57. The summed E-state index contributed by atoms with van der Waals surface area (Å²) < 4.78 is 10.8. The Bertz CT molecular complexity index is 1220. The topological polar surface area (TPSA) is 58.7 Å². The van der Waals surface area contributed by atoms with Crippen molar-refractivity contribution in [2.75, 3.05) is 32.6 Å². The SMILES string of the molecule is C=CC1CN2CCC1CC2[C@@H](NC(=S)Nc1ccc(OC)cc1)c1ccnc2ccc(OC)cc12. The normalized spacial score (nSPS) is 23.9. The number of ether oxygens (including phenoxy) is 2. The maximum Gasteiger partial charge on any atom is 0.171 e. The maximum absolute atomic E-state index is 5.82. The Hall–Kier alpha value is -3.16. The molecule has 0 saturated carbocycles. The van der Waals surface area contributed by atoms with Crippen LogP contribution in [-0.2, 0) is 0 Å². The van der Waals surface area contributed by atoms with Crippen LogP contribution in [0.2, 0.25) is 0 Å². The summed E-state index contributed by atoms with van der Waals surface area (Å²) >= 11 is 5.82. The van der Waals surface area contributed by atoms with Gasteiger partial charge in [0.2, 0.25) is 0 Å². The van der Waals surface area contributed by atoms with E-state index in [4.69, 9.17) is 21.7 Å². The van der Waals surface area contributed by atoms with Crippen molar-refractivity contribution in [2.24, 2.45) is 11.8 Å². The molecule has 2 bridgehead atoms. The summed E-state index contributed by atoms with van der Waals surface area (Å²) in [7, 11) is 3.36. The lowest BCUT2D eigenvalue weighted by atomic mass is 9.73. The second-order valence-electron chi connectivity index (χ2n) is 9.33. The molecule has 6 nitrogen and oxygen atoms in total. The largest absolute Gasteiger partial charge is 0.497 e. The Labute approximate surface area is 212 Å². The molecule has 4 unspecified atom stereocenters. The van der Waals surface area contributed by atoms with Crippen molar-refractivity contribution in [1.82, 2.24) is 15.2 Å². The highest BCUT2D eigenvalue weighted by Gasteiger charge is 2.43. The Morgan fingerprint density at radius 2 is 1.91 bits per heavy atom. The highest BCUT2D eigenvalue weighted by atomic mass is 32.1. The van der Waals surface area contributed by atoms with Gasteiger partial charge >= 0.3 is 0 Å². The van der Waals surface area contributed by atoms with Gasteiger partial charge in [0.05, 0.1) is 25.8 Å². The Morgan fingerprint density at radius 3 is 2.60 bits per heavy atom. The number of hydrogen-bond donors (Lipinski definition) is 2. The quantitative estimate of drug-likeness (QED) is 0.351. The molecule has 3 saturated heterocycles. The van der Waals surface area contributed by atoms with Crippen LogP contribution < -0.4 is 20.1 Å². The van der Waals surface area contributed by atoms with Gasteiger partial charge in [-0.25, -0.2) is 0 Å². The van der Waals surface area contributed by atoms with E-state index in [1.54, 1.807) is 14.2 Å². The first-order valence-corrected chi connectivity index (χ1v) is 12.5. The zero-order valence-electron chi connectivity index (χ0n) is 20.2. The van der Waals surface area contributed by atoms with E-state index in [2.05, 4.69) is 45.3 Å². The van der Waals surface area contributed by atoms with E-state index in [9.17, 15) is 0 Å². The number of benzene rings is 2. The molecule has 0 aliphatic carbocycles. The summed E-state index contributed by atoms with van der Waals surface area (Å²) in [5, 5.41) is 8.71. The smallest absolute Gasteiger partial charge is 0.171 e. The first kappa shape index (κ1) is 23.6. The number of methoxy groups -OCH3 is 2. The van der Waals surface area contributed by atoms with Crippen LogP contribution in [0, 0.1) is 11.8 Å². The van der Waals surface area contributed by atoms with Gasteiger partial charge in [-0.2, -0.15) is 0 Å². The average Bonchev–Trinajstić information content (AvgIpc) is 2.91. The van der Waals surface area contributed by atoms with Crippen LogP contribution in [0.25, 0.3) is 10.9 Å². The van der Waals surface area contributed by atoms with Crippen molar-refractivity contribution in [3.8, 4) is 11.5 Å². The summed E-state index contributed by atoms with van der Waals surface area (Å²) in [5.41, 5.74) is 3.05. The minimum atomic E-state index is -0.000537. The number of nitrogens with zero attached hydrogens (tertiary/aromatic N) is 2. The first-order chi connectivity index (χ1) is 17.1. The van der Waals surface area contributed by atoms with Gasteiger partial charge in [-0.1, -0.05) is 6.08 Å². The number of pyridine rings is 1. The predicted octanol–water partition coefficient (Wildman–Crippen LogP) is 5.18. The van der Waals surface area contributed by atoms with Crippen molar-refractivity contribution in [3.05, 3.63) is 72.9 Å². The molecular weight excluding hydrogens is 456 g/mol. The van der Waals surface area contributed by atoms with Crippen LogP contribution in [0.5, 0.6) is 11.5 Å². The van der Waals surface area contributed by atoms with Gasteiger partial charge in [0, 0.05) is 29.9 Å². The van der Waals surface area contributed by atoms with Crippen LogP contribution in [0.4, 0.5) is 5.69 Å². The Balaban J connectivity index is 1.48. The van der Waals surface area contributed by atoms with Gasteiger partial charge in [-0.05, 0) is 97.5 Å². The lowest BCUT2D eigenvalue weighted by molar-refractivity contribution is 0.00443. The maximum atomic E-state index is 5.82. The molecule has 182 valence electrons. The van der Waals surface area contributed by atoms with Crippen molar-refractivity contribution in [1.29, 1.82) is 0 Å². The second-order valence-corrected chi connectivity index (χ2v) is 9.74. The number of nitrogens with one attached hydrogen (secondary N) is 2. The fraction of sp³-hybridized carbons (Fsp3) is 0.357. The molecule has 3 aliphatic rings. The second kappa shape index (κ2) is 10.2. The summed E-state index contributed by atoms with van der Waals surface area (Å²) in [6, 6.07) is 16.3. The standard InChI is InChI=1S/C28H32N4O2S/c1-4-18-17-32-14-12-19(18)15-26(32)27(31-28(35)30-20-5-7-21(33-2)8-6-20)23-11-13-29-25-10-9-22(34-3)16-24(23)25/h4-11,13,16,18-19,26-27H,1,12,14-15,17H2,2-3H3,(H2,30,31,35)/t18?,19?,26?,27-/m0/s1. The summed E-state index contributed by atoms with van der Waals surface area (Å²) in [5.74, 6) is 2.84. The molecule has 5 atom stereocenters. The molecule has 2 aromatic carbocycles. The highest BCUT2D eigenvalue weighted by Crippen LogP contribution is 2.42. The fourth-order valence-electron chi connectivity index (χ4n) is 5.63. The molecule has 2 N–H and O–H groups in total. The molecule has 1 aromatic heterocycles. The molecule has 3 aliphatic heterocycles. The molecule has 0 radical (unpaired) electrons. The predicted molar refractivity (Wildman–Crippen MR) is 145 cm³/mol. The number of anilines is 1. The minimum absolute atomic E-state index is 0.000537. The van der Waals surface area contributed by atoms with Crippen molar-refractivity contribution < 1.29 is 9.47 Å². The summed E-state index contributed by atoms with van der Waals surface area (Å²) in [6.45, 7) is 6.24. The highest BCUT2D eigenvalue weighted by molar-refractivity contribution is 7.80. The molecule has 4 heterocycles. The number of hydrogen-bond acceptors (Lipinski definition) is 5. The average molecular weight is 489 g/mol. The van der Waals surface area contributed by atoms with Crippen LogP contribution >= 0.6 is 12.2 Å². The monoisotopic (exact) mass is 488 g/mol. The van der Waals surface area contributed by atoms with E-state index in [1.807, 2.05) is 42.6 Å². The van der Waals surface area contributed by atoms with Gasteiger partial charge in [0.1, 0.15) is 11.5 Å². The van der Waals surface area contributed by atoms with Gasteiger partial charge in [-0.3, -0.25) is 9.88 Å². The summed E-state index contributed by atoms with van der Waals surface area (Å²) in [4.78, 5) is 7.21. The van der Waals surface area contributed by atoms with Crippen molar-refractivity contribution in [3.63, 3.8) is 0 Å². The number of rotatable bonds is 7. The lowest BCUT2D eigenvalue weighted by Gasteiger charge is -2.52. The zero-order valence-corrected chi connectivity index (χ0v) is 21.1. The first-order valence-electron chi connectivity index (χ1n) is 12.1. The molecule has 6 rings (SSSR count). The van der Waals surface area contributed by atoms with Crippen LogP contribution in [0.15, 0.2) is 67.4 Å². The molecule has 0 spiro atoms. The van der Waals surface area contributed by atoms with E-state index in [0.29, 0.717) is 23.0 Å². The van der Waals surface area contributed by atoms with Crippen LogP contribution in [0.3, 0.4) is 0 Å². The Morgan fingerprint density at radius 1 is 1.14 bits per heavy atom. The molecule has 3 fully saturated rings. The molecule has 3 aromatic rings. The Kier molecular flexibility index (Phi) is 6.88. The zero-order chi connectivity index (χ0) is 24.4. The molecule has 35 heavy (non-hydrogen) atoms. The number of piperidine rings is 3. The van der Waals surface area contributed by atoms with Gasteiger partial charge < -0.3 is 20.1 Å². The molecule has 7 heteroatoms. The molecular formula is C28H32N4O2S. The number of fused-ring (bicyclic) bond motifs is 4. The molecule has 0 amide bonds. The van der Waals surface area contributed by atoms with Gasteiger partial charge in [0.25, 0.3) is 0 Å². The van der Waals surface area contributed by atoms with E-state index < -0.39 is 0 Å². The third kappa shape index (κ3) is 4.83. The van der Waals surface area contributed by atoms with Crippen LogP contribution in [0.1, 0.15) is 24.4 Å². The van der Waals surface area contributed by atoms with E-state index in [1.165, 1.54) is 12.0 Å². The van der Waals surface area contributed by atoms with Gasteiger partial charge in [-0.15, -0.1) is 6.58 Å². The fourth-order valence-corrected chi connectivity index (χ4v) is 5.88. The number of aromatic nitrogens is 1. The summed E-state index contributed by atoms with van der Waals surface area (Å²) in [6.07, 6.45) is 6.35. The van der Waals surface area contributed by atoms with Crippen LogP contribution in [-0.4, -0.2) is 48.3 Å². The van der Waals surface area contributed by atoms with Crippen molar-refractivity contribution in [2.45, 2.75) is 24.9 Å². The minimum Gasteiger partial charge on any atom is -0.497 e. The van der Waals surface area contributed by atoms with E-state index >= 15 is 0 Å². The van der Waals surface area contributed by atoms with E-state index in [0.717, 1.165) is 47.6 Å². The van der Waals surface area contributed by atoms with Crippen molar-refractivity contribution >= 4 is 33.9 Å². The number of thiocarbonyl (C=S) groups is 1.